The Balaban J connectivity index is 1.60. The average molecular weight is 470 g/mol. The topological polar surface area (TPSA) is 102 Å². The number of H-pyrrole nitrogens is 1. The summed E-state index contributed by atoms with van der Waals surface area (Å²) in [5, 5.41) is 0.112. The molecule has 9 heteroatoms. The highest BCUT2D eigenvalue weighted by Crippen LogP contribution is 2.49. The fourth-order valence-corrected chi connectivity index (χ4v) is 5.07. The maximum Gasteiger partial charge on any atom is 0.391 e. The highest BCUT2D eigenvalue weighted by Gasteiger charge is 2.43. The minimum Gasteiger partial charge on any atom is -0.364 e. The summed E-state index contributed by atoms with van der Waals surface area (Å²) in [7, 11) is 0. The van der Waals surface area contributed by atoms with Crippen LogP contribution in [0.4, 0.5) is 13.2 Å². The van der Waals surface area contributed by atoms with Crippen molar-refractivity contribution in [2.45, 2.75) is 63.0 Å². The van der Waals surface area contributed by atoms with Gasteiger partial charge in [-0.25, -0.2) is 0 Å². The zero-order chi connectivity index (χ0) is 24.3. The van der Waals surface area contributed by atoms with Crippen LogP contribution in [0.15, 0.2) is 35.4 Å². The minimum absolute atomic E-state index is 0.00466. The summed E-state index contributed by atoms with van der Waals surface area (Å²) >= 11 is 0. The highest BCUT2D eigenvalue weighted by molar-refractivity contribution is 6.03. The van der Waals surface area contributed by atoms with Crippen molar-refractivity contribution in [1.29, 1.82) is 0 Å². The quantitative estimate of drug-likeness (QED) is 0.562. The molecular weight excluding hydrogens is 445 g/mol. The Morgan fingerprint density at radius 2 is 1.85 bits per heavy atom. The van der Waals surface area contributed by atoms with Crippen molar-refractivity contribution < 1.29 is 18.0 Å². The molecule has 178 valence electrons. The van der Waals surface area contributed by atoms with E-state index in [9.17, 15) is 22.8 Å². The van der Waals surface area contributed by atoms with Gasteiger partial charge in [0.15, 0.2) is 5.43 Å². The summed E-state index contributed by atoms with van der Waals surface area (Å²) in [6.07, 6.45) is 2.01. The second kappa shape index (κ2) is 7.92. The smallest absolute Gasteiger partial charge is 0.364 e. The molecule has 2 aliphatic carbocycles. The molecule has 6 nitrogen and oxygen atoms in total. The van der Waals surface area contributed by atoms with Gasteiger partial charge >= 0.3 is 6.18 Å². The summed E-state index contributed by atoms with van der Waals surface area (Å²) in [6, 6.07) is 5.00. The first-order chi connectivity index (χ1) is 16.1. The lowest BCUT2D eigenvalue weighted by molar-refractivity contribution is -0.182. The van der Waals surface area contributed by atoms with Crippen LogP contribution >= 0.6 is 0 Å². The van der Waals surface area contributed by atoms with E-state index in [4.69, 9.17) is 5.73 Å². The number of nitrogens with zero attached hydrogens (tertiary/aromatic N) is 2. The maximum absolute atomic E-state index is 13.2. The number of primary amides is 1. The monoisotopic (exact) mass is 470 g/mol. The Kier molecular flexibility index (Phi) is 5.26. The standard InChI is InChI=1S/C25H25F3N4O2/c1-24(7-8-24)20-10-15(13-2-4-14(5-3-13)25(26,27)28)16(12-31-20)18-11-19(33)21-17(32-18)6-9-30-22(21)23(29)34/h6,9-14H,2-5,7-8H2,1H3,(H2,29,34)(H,32,33). The first kappa shape index (κ1) is 22.6. The number of aromatic amines is 1. The van der Waals surface area contributed by atoms with E-state index in [-0.39, 0.29) is 35.3 Å². The number of rotatable bonds is 4. The molecule has 2 aliphatic rings. The first-order valence-corrected chi connectivity index (χ1v) is 11.5. The number of carbonyl (C=O) groups is 1. The predicted molar refractivity (Wildman–Crippen MR) is 121 cm³/mol. The van der Waals surface area contributed by atoms with Gasteiger partial charge < -0.3 is 10.7 Å². The van der Waals surface area contributed by atoms with Crippen molar-refractivity contribution in [1.82, 2.24) is 15.0 Å². The van der Waals surface area contributed by atoms with Gasteiger partial charge in [0.2, 0.25) is 0 Å². The molecule has 2 saturated carbocycles. The molecule has 0 aromatic carbocycles. The van der Waals surface area contributed by atoms with Gasteiger partial charge in [-0.1, -0.05) is 6.92 Å². The number of aromatic nitrogens is 3. The number of nitrogens with one attached hydrogen (secondary N) is 1. The van der Waals surface area contributed by atoms with E-state index < -0.39 is 23.4 Å². The molecule has 34 heavy (non-hydrogen) atoms. The van der Waals surface area contributed by atoms with Gasteiger partial charge in [0.1, 0.15) is 5.69 Å². The van der Waals surface area contributed by atoms with Crippen LogP contribution in [0, 0.1) is 5.92 Å². The van der Waals surface area contributed by atoms with E-state index in [1.54, 1.807) is 12.3 Å². The Hall–Kier alpha value is -3.23. The van der Waals surface area contributed by atoms with Crippen molar-refractivity contribution >= 4 is 16.8 Å². The van der Waals surface area contributed by atoms with Crippen LogP contribution in [-0.2, 0) is 5.41 Å². The van der Waals surface area contributed by atoms with Crippen molar-refractivity contribution in [3.8, 4) is 11.3 Å². The Morgan fingerprint density at radius 3 is 2.47 bits per heavy atom. The summed E-state index contributed by atoms with van der Waals surface area (Å²) in [5.74, 6) is -2.13. The third-order valence-electron chi connectivity index (χ3n) is 7.45. The minimum atomic E-state index is -4.17. The van der Waals surface area contributed by atoms with Gasteiger partial charge in [0.25, 0.3) is 5.91 Å². The number of fused-ring (bicyclic) bond motifs is 1. The number of halogens is 3. The molecule has 2 fully saturated rings. The van der Waals surface area contributed by atoms with E-state index >= 15 is 0 Å². The molecule has 0 unspecified atom stereocenters. The molecule has 0 atom stereocenters. The van der Waals surface area contributed by atoms with Gasteiger partial charge in [-0.2, -0.15) is 13.2 Å². The molecule has 3 N–H and O–H groups in total. The summed E-state index contributed by atoms with van der Waals surface area (Å²) in [6.45, 7) is 2.13. The number of hydrogen-bond acceptors (Lipinski definition) is 4. The van der Waals surface area contributed by atoms with E-state index in [0.717, 1.165) is 24.1 Å². The Bertz CT molecular complexity index is 1340. The third kappa shape index (κ3) is 3.97. The fraction of sp³-hybridized carbons (Fsp3) is 0.440. The Labute approximate surface area is 193 Å². The van der Waals surface area contributed by atoms with Gasteiger partial charge in [0.05, 0.1) is 22.5 Å². The van der Waals surface area contributed by atoms with Gasteiger partial charge in [0, 0.05) is 35.1 Å². The van der Waals surface area contributed by atoms with Crippen LogP contribution in [0.3, 0.4) is 0 Å². The first-order valence-electron chi connectivity index (χ1n) is 11.5. The molecule has 0 aliphatic heterocycles. The summed E-state index contributed by atoms with van der Waals surface area (Å²) < 4.78 is 39.7. The van der Waals surface area contributed by atoms with Crippen LogP contribution in [0.1, 0.15) is 73.1 Å². The van der Waals surface area contributed by atoms with Crippen LogP contribution < -0.4 is 11.2 Å². The van der Waals surface area contributed by atoms with Crippen LogP contribution in [0.5, 0.6) is 0 Å². The maximum atomic E-state index is 13.2. The van der Waals surface area contributed by atoms with E-state index in [1.165, 1.54) is 12.3 Å². The summed E-state index contributed by atoms with van der Waals surface area (Å²) in [5.41, 5.74) is 8.33. The second-order valence-electron chi connectivity index (χ2n) is 9.80. The van der Waals surface area contributed by atoms with E-state index in [2.05, 4.69) is 21.9 Å². The van der Waals surface area contributed by atoms with Gasteiger partial charge in [-0.3, -0.25) is 19.6 Å². The number of carbonyl (C=O) groups excluding carboxylic acids is 1. The molecule has 5 rings (SSSR count). The summed E-state index contributed by atoms with van der Waals surface area (Å²) in [4.78, 5) is 36.5. The fourth-order valence-electron chi connectivity index (χ4n) is 5.07. The number of nitrogens with two attached hydrogens (primary N) is 1. The Morgan fingerprint density at radius 1 is 1.15 bits per heavy atom. The average Bonchev–Trinajstić information content (AvgIpc) is 3.56. The van der Waals surface area contributed by atoms with Crippen LogP contribution in [0.25, 0.3) is 22.2 Å². The zero-order valence-corrected chi connectivity index (χ0v) is 18.7. The van der Waals surface area contributed by atoms with Crippen molar-refractivity contribution in [3.63, 3.8) is 0 Å². The third-order valence-corrected chi connectivity index (χ3v) is 7.45. The normalized spacial score (nSPS) is 22.0. The van der Waals surface area contributed by atoms with Crippen LogP contribution in [-0.4, -0.2) is 27.0 Å². The van der Waals surface area contributed by atoms with Gasteiger partial charge in [-0.15, -0.1) is 0 Å². The lowest BCUT2D eigenvalue weighted by atomic mass is 9.76. The highest BCUT2D eigenvalue weighted by atomic mass is 19.4. The van der Waals surface area contributed by atoms with Crippen molar-refractivity contribution in [2.75, 3.05) is 0 Å². The van der Waals surface area contributed by atoms with Crippen molar-refractivity contribution in [3.05, 3.63) is 57.8 Å². The second-order valence-corrected chi connectivity index (χ2v) is 9.80. The van der Waals surface area contributed by atoms with Crippen LogP contribution in [0.2, 0.25) is 0 Å². The molecular formula is C25H25F3N4O2. The number of alkyl halides is 3. The van der Waals surface area contributed by atoms with Crippen molar-refractivity contribution in [2.24, 2.45) is 11.7 Å². The molecule has 3 aromatic rings. The molecule has 0 saturated heterocycles. The zero-order valence-electron chi connectivity index (χ0n) is 18.7. The number of amides is 1. The van der Waals surface area contributed by atoms with Gasteiger partial charge in [-0.05, 0) is 62.1 Å². The predicted octanol–water partition coefficient (Wildman–Crippen LogP) is 4.97. The number of pyridine rings is 3. The SMILES string of the molecule is CC1(c2cc(C3CCC(C(F)(F)F)CC3)c(-c3cc(=O)c4c(C(N)=O)nccc4[nH]3)cn2)CC1. The molecule has 0 bridgehead atoms. The molecule has 1 amide bonds. The lowest BCUT2D eigenvalue weighted by Crippen LogP contribution is -2.27. The van der Waals surface area contributed by atoms with E-state index in [0.29, 0.717) is 29.6 Å². The molecule has 0 radical (unpaired) electrons. The molecule has 3 aromatic heterocycles. The number of hydrogen-bond donors (Lipinski definition) is 2. The lowest BCUT2D eigenvalue weighted by Gasteiger charge is -2.31. The molecule has 3 heterocycles. The molecule has 0 spiro atoms. The van der Waals surface area contributed by atoms with E-state index in [1.807, 2.05) is 6.07 Å². The largest absolute Gasteiger partial charge is 0.391 e.